The number of aromatic nitrogens is 1. The van der Waals surface area contributed by atoms with Crippen LogP contribution in [0.2, 0.25) is 0 Å². The molecule has 0 amide bonds. The summed E-state index contributed by atoms with van der Waals surface area (Å²) in [5.74, 6) is 0. The first-order chi connectivity index (χ1) is 11.1. The zero-order valence-electron chi connectivity index (χ0n) is 13.8. The highest BCUT2D eigenvalue weighted by atomic mass is 32.1. The van der Waals surface area contributed by atoms with E-state index in [1.165, 1.54) is 21.8 Å². The van der Waals surface area contributed by atoms with E-state index in [-0.39, 0.29) is 0 Å². The molecule has 0 atom stereocenters. The van der Waals surface area contributed by atoms with Crippen LogP contribution in [0.4, 0.5) is 10.8 Å². The third-order valence-corrected chi connectivity index (χ3v) is 5.18. The Bertz CT molecular complexity index is 665. The zero-order chi connectivity index (χ0) is 16.2. The SMILES string of the molecule is CN(C)c1ccccc1/C=C/CN1CCc2nc(N)sc2CC1. The molecule has 0 bridgehead atoms. The van der Waals surface area contributed by atoms with Crippen LogP contribution in [0.15, 0.2) is 30.3 Å². The maximum absolute atomic E-state index is 5.81. The lowest BCUT2D eigenvalue weighted by molar-refractivity contribution is 0.318. The summed E-state index contributed by atoms with van der Waals surface area (Å²) in [6.45, 7) is 3.11. The average Bonchev–Trinajstić information content (AvgIpc) is 2.79. The number of nitrogen functional groups attached to an aromatic ring is 1. The third kappa shape index (κ3) is 3.92. The van der Waals surface area contributed by atoms with Crippen LogP contribution >= 0.6 is 11.3 Å². The molecule has 122 valence electrons. The first kappa shape index (κ1) is 16.0. The van der Waals surface area contributed by atoms with E-state index in [4.69, 9.17) is 5.73 Å². The van der Waals surface area contributed by atoms with E-state index in [2.05, 4.69) is 65.3 Å². The maximum atomic E-state index is 5.81. The molecular formula is C18H24N4S. The Morgan fingerprint density at radius 1 is 1.26 bits per heavy atom. The van der Waals surface area contributed by atoms with Crippen molar-refractivity contribution in [1.29, 1.82) is 0 Å². The minimum Gasteiger partial charge on any atom is -0.377 e. The number of benzene rings is 1. The number of hydrogen-bond acceptors (Lipinski definition) is 5. The van der Waals surface area contributed by atoms with E-state index in [1.807, 2.05) is 0 Å². The fourth-order valence-corrected chi connectivity index (χ4v) is 3.84. The van der Waals surface area contributed by atoms with Gasteiger partial charge in [-0.2, -0.15) is 0 Å². The minimum absolute atomic E-state index is 0.712. The lowest BCUT2D eigenvalue weighted by Crippen LogP contribution is -2.26. The van der Waals surface area contributed by atoms with Crippen LogP contribution < -0.4 is 10.6 Å². The van der Waals surface area contributed by atoms with E-state index < -0.39 is 0 Å². The van der Waals surface area contributed by atoms with Gasteiger partial charge < -0.3 is 10.6 Å². The quantitative estimate of drug-likeness (QED) is 0.937. The Hall–Kier alpha value is -1.85. The molecule has 0 saturated heterocycles. The Labute approximate surface area is 142 Å². The molecule has 0 radical (unpaired) electrons. The van der Waals surface area contributed by atoms with Crippen molar-refractivity contribution < 1.29 is 0 Å². The topological polar surface area (TPSA) is 45.4 Å². The molecule has 1 aromatic heterocycles. The number of thiazole rings is 1. The monoisotopic (exact) mass is 328 g/mol. The van der Waals surface area contributed by atoms with Gasteiger partial charge in [0.2, 0.25) is 0 Å². The van der Waals surface area contributed by atoms with E-state index in [0.717, 1.165) is 32.5 Å². The summed E-state index contributed by atoms with van der Waals surface area (Å²) in [5.41, 5.74) is 9.53. The van der Waals surface area contributed by atoms with Gasteiger partial charge in [-0.15, -0.1) is 11.3 Å². The highest BCUT2D eigenvalue weighted by Crippen LogP contribution is 2.24. The lowest BCUT2D eigenvalue weighted by Gasteiger charge is -2.18. The summed E-state index contributed by atoms with van der Waals surface area (Å²) in [4.78, 5) is 10.5. The summed E-state index contributed by atoms with van der Waals surface area (Å²) in [5, 5.41) is 0.712. The molecule has 1 aliphatic rings. The molecule has 2 heterocycles. The molecule has 0 fully saturated rings. The van der Waals surface area contributed by atoms with Gasteiger partial charge in [-0.25, -0.2) is 4.98 Å². The summed E-state index contributed by atoms with van der Waals surface area (Å²) >= 11 is 1.65. The van der Waals surface area contributed by atoms with Crippen molar-refractivity contribution in [2.75, 3.05) is 44.4 Å². The van der Waals surface area contributed by atoms with Crippen LogP contribution in [-0.2, 0) is 12.8 Å². The van der Waals surface area contributed by atoms with Crippen LogP contribution in [-0.4, -0.2) is 43.6 Å². The van der Waals surface area contributed by atoms with Crippen molar-refractivity contribution in [3.8, 4) is 0 Å². The van der Waals surface area contributed by atoms with Crippen molar-refractivity contribution >= 4 is 28.2 Å². The molecule has 2 aromatic rings. The zero-order valence-corrected chi connectivity index (χ0v) is 14.6. The number of para-hydroxylation sites is 1. The highest BCUT2D eigenvalue weighted by molar-refractivity contribution is 7.15. The molecule has 0 aliphatic carbocycles. The number of fused-ring (bicyclic) bond motifs is 1. The second-order valence-electron chi connectivity index (χ2n) is 6.08. The molecule has 2 N–H and O–H groups in total. The van der Waals surface area contributed by atoms with Gasteiger partial charge >= 0.3 is 0 Å². The summed E-state index contributed by atoms with van der Waals surface area (Å²) < 4.78 is 0. The van der Waals surface area contributed by atoms with Gasteiger partial charge in [0.15, 0.2) is 5.13 Å². The van der Waals surface area contributed by atoms with Crippen LogP contribution in [0, 0.1) is 0 Å². The second kappa shape index (κ2) is 7.15. The van der Waals surface area contributed by atoms with Gasteiger partial charge in [0, 0.05) is 50.7 Å². The molecule has 0 spiro atoms. The standard InChI is InChI=1S/C18H24N4S/c1-21(2)16-8-4-3-6-14(16)7-5-11-22-12-9-15-17(10-13-22)23-18(19)20-15/h3-8H,9-13H2,1-2H3,(H2,19,20)/b7-5+. The van der Waals surface area contributed by atoms with Crippen LogP contribution in [0.1, 0.15) is 16.1 Å². The van der Waals surface area contributed by atoms with E-state index in [0.29, 0.717) is 5.13 Å². The predicted molar refractivity (Wildman–Crippen MR) is 100 cm³/mol. The Balaban J connectivity index is 1.60. The van der Waals surface area contributed by atoms with Gasteiger partial charge in [0.1, 0.15) is 0 Å². The van der Waals surface area contributed by atoms with Crippen LogP contribution in [0.25, 0.3) is 6.08 Å². The Morgan fingerprint density at radius 3 is 2.87 bits per heavy atom. The number of nitrogens with zero attached hydrogens (tertiary/aromatic N) is 3. The predicted octanol–water partition coefficient (Wildman–Crippen LogP) is 2.91. The lowest BCUT2D eigenvalue weighted by atomic mass is 10.1. The number of rotatable bonds is 4. The Kier molecular flexibility index (Phi) is 4.98. The van der Waals surface area contributed by atoms with Gasteiger partial charge in [0.05, 0.1) is 5.69 Å². The second-order valence-corrected chi connectivity index (χ2v) is 7.19. The van der Waals surface area contributed by atoms with Gasteiger partial charge in [-0.1, -0.05) is 30.4 Å². The molecule has 0 saturated carbocycles. The van der Waals surface area contributed by atoms with Crippen LogP contribution in [0.5, 0.6) is 0 Å². The van der Waals surface area contributed by atoms with Crippen molar-refractivity contribution in [2.24, 2.45) is 0 Å². The van der Waals surface area contributed by atoms with Gasteiger partial charge in [-0.3, -0.25) is 4.90 Å². The molecule has 5 heteroatoms. The van der Waals surface area contributed by atoms with E-state index >= 15 is 0 Å². The molecule has 4 nitrogen and oxygen atoms in total. The molecular weight excluding hydrogens is 304 g/mol. The highest BCUT2D eigenvalue weighted by Gasteiger charge is 2.16. The first-order valence-corrected chi connectivity index (χ1v) is 8.84. The van der Waals surface area contributed by atoms with Gasteiger partial charge in [0.25, 0.3) is 0 Å². The van der Waals surface area contributed by atoms with Gasteiger partial charge in [-0.05, 0) is 18.1 Å². The summed E-state index contributed by atoms with van der Waals surface area (Å²) in [6.07, 6.45) is 6.56. The number of hydrogen-bond donors (Lipinski definition) is 1. The van der Waals surface area contributed by atoms with Crippen molar-refractivity contribution in [2.45, 2.75) is 12.8 Å². The molecule has 0 unspecified atom stereocenters. The largest absolute Gasteiger partial charge is 0.377 e. The first-order valence-electron chi connectivity index (χ1n) is 8.03. The fourth-order valence-electron chi connectivity index (χ4n) is 2.98. The molecule has 1 aliphatic heterocycles. The van der Waals surface area contributed by atoms with Crippen molar-refractivity contribution in [3.63, 3.8) is 0 Å². The normalized spacial score (nSPS) is 15.6. The summed E-state index contributed by atoms with van der Waals surface area (Å²) in [7, 11) is 4.16. The summed E-state index contributed by atoms with van der Waals surface area (Å²) in [6, 6.07) is 8.49. The molecule has 1 aromatic carbocycles. The van der Waals surface area contributed by atoms with E-state index in [1.54, 1.807) is 11.3 Å². The number of nitrogens with two attached hydrogens (primary N) is 1. The third-order valence-electron chi connectivity index (χ3n) is 4.19. The van der Waals surface area contributed by atoms with Crippen molar-refractivity contribution in [3.05, 3.63) is 46.5 Å². The number of anilines is 2. The molecule has 3 rings (SSSR count). The van der Waals surface area contributed by atoms with E-state index in [9.17, 15) is 0 Å². The maximum Gasteiger partial charge on any atom is 0.180 e. The smallest absolute Gasteiger partial charge is 0.180 e. The Morgan fingerprint density at radius 2 is 2.04 bits per heavy atom. The fraction of sp³-hybridized carbons (Fsp3) is 0.389. The van der Waals surface area contributed by atoms with Crippen LogP contribution in [0.3, 0.4) is 0 Å². The minimum atomic E-state index is 0.712. The molecule has 23 heavy (non-hydrogen) atoms. The average molecular weight is 328 g/mol. The van der Waals surface area contributed by atoms with Crippen molar-refractivity contribution in [1.82, 2.24) is 9.88 Å².